The van der Waals surface area contributed by atoms with Crippen LogP contribution in [0.5, 0.6) is 0 Å². The Morgan fingerprint density at radius 3 is 2.73 bits per heavy atom. The van der Waals surface area contributed by atoms with Crippen LogP contribution in [0.1, 0.15) is 30.4 Å². The number of carbonyl (C=O) groups excluding carboxylic acids is 1. The lowest BCUT2D eigenvalue weighted by Gasteiger charge is -2.31. The number of halogens is 1. The van der Waals surface area contributed by atoms with E-state index in [-0.39, 0.29) is 11.8 Å². The van der Waals surface area contributed by atoms with Gasteiger partial charge in [-0.05, 0) is 48.3 Å². The van der Waals surface area contributed by atoms with Gasteiger partial charge in [-0.2, -0.15) is 0 Å². The summed E-state index contributed by atoms with van der Waals surface area (Å²) in [5, 5.41) is 0.644. The van der Waals surface area contributed by atoms with Gasteiger partial charge < -0.3 is 4.90 Å². The Balaban J connectivity index is 1.55. The largest absolute Gasteiger partial charge is 0.337 e. The lowest BCUT2D eigenvalue weighted by molar-refractivity contribution is -0.132. The highest BCUT2D eigenvalue weighted by Crippen LogP contribution is 2.31. The van der Waals surface area contributed by atoms with E-state index in [4.69, 9.17) is 16.6 Å². The summed E-state index contributed by atoms with van der Waals surface area (Å²) in [5.74, 6) is -0.140. The number of nitrogens with zero attached hydrogens (tertiary/aromatic N) is 3. The van der Waals surface area contributed by atoms with E-state index in [2.05, 4.69) is 4.98 Å². The monoisotopic (exact) mass is 365 g/mol. The predicted molar refractivity (Wildman–Crippen MR) is 104 cm³/mol. The number of hydrogen-bond acceptors (Lipinski definition) is 3. The number of aromatic nitrogens is 1. The highest BCUT2D eigenvalue weighted by atomic mass is 35.5. The molecule has 0 aliphatic carbocycles. The van der Waals surface area contributed by atoms with E-state index < -0.39 is 0 Å². The van der Waals surface area contributed by atoms with Gasteiger partial charge in [0.25, 0.3) is 0 Å². The molecule has 1 atom stereocenters. The van der Waals surface area contributed by atoms with E-state index in [1.165, 1.54) is 11.1 Å². The van der Waals surface area contributed by atoms with Crippen LogP contribution >= 0.6 is 11.6 Å². The first-order chi connectivity index (χ1) is 12.6. The fourth-order valence-electron chi connectivity index (χ4n) is 3.69. The molecule has 2 aliphatic heterocycles. The van der Waals surface area contributed by atoms with Crippen LogP contribution in [0.4, 0.5) is 0 Å². The Bertz CT molecular complexity index is 904. The van der Waals surface area contributed by atoms with Crippen molar-refractivity contribution >= 4 is 23.2 Å². The third kappa shape index (κ3) is 3.06. The summed E-state index contributed by atoms with van der Waals surface area (Å²) in [6, 6.07) is 11.5. The van der Waals surface area contributed by atoms with Gasteiger partial charge in [0.1, 0.15) is 0 Å². The minimum Gasteiger partial charge on any atom is -0.337 e. The summed E-state index contributed by atoms with van der Waals surface area (Å²) < 4.78 is 0. The fourth-order valence-corrected chi connectivity index (χ4v) is 3.99. The molecule has 0 N–H and O–H groups in total. The van der Waals surface area contributed by atoms with Crippen LogP contribution in [0.25, 0.3) is 0 Å². The highest BCUT2D eigenvalue weighted by molar-refractivity contribution is 6.31. The lowest BCUT2D eigenvalue weighted by Crippen LogP contribution is -2.40. The first-order valence-electron chi connectivity index (χ1n) is 8.84. The number of carbonyl (C=O) groups is 1. The molecule has 132 valence electrons. The van der Waals surface area contributed by atoms with Gasteiger partial charge in [0.05, 0.1) is 18.2 Å². The average Bonchev–Trinajstić information content (AvgIpc) is 3.11. The van der Waals surface area contributed by atoms with E-state index in [1.807, 2.05) is 48.2 Å². The molecule has 4 rings (SSSR count). The minimum atomic E-state index is -0.256. The van der Waals surface area contributed by atoms with Crippen molar-refractivity contribution in [3.8, 4) is 0 Å². The number of benzene rings is 1. The van der Waals surface area contributed by atoms with Crippen molar-refractivity contribution in [1.82, 2.24) is 9.88 Å². The van der Waals surface area contributed by atoms with Crippen molar-refractivity contribution in [2.45, 2.75) is 19.3 Å². The molecule has 0 bridgehead atoms. The lowest BCUT2D eigenvalue weighted by atomic mass is 9.93. The summed E-state index contributed by atoms with van der Waals surface area (Å²) in [7, 11) is 0. The first kappa shape index (κ1) is 17.0. The van der Waals surface area contributed by atoms with Crippen molar-refractivity contribution in [2.24, 2.45) is 4.99 Å². The van der Waals surface area contributed by atoms with E-state index in [0.29, 0.717) is 11.6 Å². The zero-order valence-electron chi connectivity index (χ0n) is 14.7. The first-order valence-corrected chi connectivity index (χ1v) is 9.22. The number of aliphatic imine (C=N–C) groups is 1. The Morgan fingerprint density at radius 2 is 1.96 bits per heavy atom. The van der Waals surface area contributed by atoms with E-state index >= 15 is 0 Å². The SMILES string of the molecule is CC(C(=O)N1CCC2=C(C1)C(c1ccncc1)=NC2)c1ccccc1Cl. The molecular formula is C21H20ClN3O. The standard InChI is InChI=1S/C21H20ClN3O/c1-14(17-4-2-3-5-19(17)22)21(26)25-11-8-16-12-24-20(18(16)13-25)15-6-9-23-10-7-15/h2-7,9-10,14H,8,11-13H2,1H3. The van der Waals surface area contributed by atoms with Gasteiger partial charge in [0, 0.05) is 36.1 Å². The molecule has 1 amide bonds. The van der Waals surface area contributed by atoms with E-state index in [1.54, 1.807) is 12.4 Å². The van der Waals surface area contributed by atoms with Crippen LogP contribution in [-0.2, 0) is 4.79 Å². The molecule has 0 saturated heterocycles. The number of amides is 1. The maximum atomic E-state index is 13.1. The summed E-state index contributed by atoms with van der Waals surface area (Å²) >= 11 is 6.29. The van der Waals surface area contributed by atoms with Gasteiger partial charge >= 0.3 is 0 Å². The van der Waals surface area contributed by atoms with Crippen LogP contribution in [-0.4, -0.2) is 41.1 Å². The van der Waals surface area contributed by atoms with Gasteiger partial charge in [-0.15, -0.1) is 0 Å². The zero-order valence-corrected chi connectivity index (χ0v) is 15.4. The van der Waals surface area contributed by atoms with Gasteiger partial charge in [-0.25, -0.2) is 0 Å². The summed E-state index contributed by atoms with van der Waals surface area (Å²) in [5.41, 5.74) is 5.51. The molecule has 2 aromatic rings. The molecule has 4 nitrogen and oxygen atoms in total. The molecule has 26 heavy (non-hydrogen) atoms. The summed E-state index contributed by atoms with van der Waals surface area (Å²) in [4.78, 5) is 23.8. The second-order valence-corrected chi connectivity index (χ2v) is 7.14. The maximum Gasteiger partial charge on any atom is 0.230 e. The molecule has 3 heterocycles. The van der Waals surface area contributed by atoms with Crippen molar-refractivity contribution in [2.75, 3.05) is 19.6 Å². The molecule has 0 radical (unpaired) electrons. The molecule has 1 aromatic carbocycles. The van der Waals surface area contributed by atoms with Gasteiger partial charge in [-0.1, -0.05) is 29.8 Å². The normalized spacial score (nSPS) is 17.8. The van der Waals surface area contributed by atoms with Crippen molar-refractivity contribution in [1.29, 1.82) is 0 Å². The zero-order chi connectivity index (χ0) is 18.1. The van der Waals surface area contributed by atoms with Crippen LogP contribution in [0.3, 0.4) is 0 Å². The maximum absolute atomic E-state index is 13.1. The number of hydrogen-bond donors (Lipinski definition) is 0. The molecule has 0 spiro atoms. The topological polar surface area (TPSA) is 45.6 Å². The smallest absolute Gasteiger partial charge is 0.230 e. The third-order valence-electron chi connectivity index (χ3n) is 5.18. The Kier molecular flexibility index (Phi) is 4.60. The van der Waals surface area contributed by atoms with Gasteiger partial charge in [0.2, 0.25) is 5.91 Å². The van der Waals surface area contributed by atoms with Crippen LogP contribution in [0.2, 0.25) is 5.02 Å². The predicted octanol–water partition coefficient (Wildman–Crippen LogP) is 3.87. The van der Waals surface area contributed by atoms with Crippen molar-refractivity contribution < 1.29 is 4.79 Å². The molecule has 2 aliphatic rings. The molecular weight excluding hydrogens is 346 g/mol. The summed E-state index contributed by atoms with van der Waals surface area (Å²) in [6.07, 6.45) is 4.44. The molecule has 0 fully saturated rings. The van der Waals surface area contributed by atoms with Crippen LogP contribution < -0.4 is 0 Å². The molecule has 5 heteroatoms. The van der Waals surface area contributed by atoms with Crippen molar-refractivity contribution in [3.05, 3.63) is 76.1 Å². The Labute approximate surface area is 158 Å². The molecule has 1 unspecified atom stereocenters. The molecule has 0 saturated carbocycles. The van der Waals surface area contributed by atoms with Crippen LogP contribution in [0, 0.1) is 0 Å². The van der Waals surface area contributed by atoms with E-state index in [0.717, 1.165) is 36.3 Å². The van der Waals surface area contributed by atoms with E-state index in [9.17, 15) is 4.79 Å². The third-order valence-corrected chi connectivity index (χ3v) is 5.52. The van der Waals surface area contributed by atoms with Gasteiger partial charge in [-0.3, -0.25) is 14.8 Å². The highest BCUT2D eigenvalue weighted by Gasteiger charge is 2.31. The second-order valence-electron chi connectivity index (χ2n) is 6.74. The van der Waals surface area contributed by atoms with Crippen molar-refractivity contribution in [3.63, 3.8) is 0 Å². The average molecular weight is 366 g/mol. The van der Waals surface area contributed by atoms with Crippen LogP contribution in [0.15, 0.2) is 64.9 Å². The quantitative estimate of drug-likeness (QED) is 0.828. The fraction of sp³-hybridized carbons (Fsp3) is 0.286. The minimum absolute atomic E-state index is 0.116. The van der Waals surface area contributed by atoms with Gasteiger partial charge in [0.15, 0.2) is 0 Å². The Hall–Kier alpha value is -2.46. The number of rotatable bonds is 3. The number of pyridine rings is 1. The summed E-state index contributed by atoms with van der Waals surface area (Å²) in [6.45, 7) is 4.03. The second kappa shape index (κ2) is 7.04. The Morgan fingerprint density at radius 1 is 1.19 bits per heavy atom. The molecule has 1 aromatic heterocycles.